The number of thiophene rings is 1. The van der Waals surface area contributed by atoms with E-state index in [-0.39, 0.29) is 5.92 Å². The van der Waals surface area contributed by atoms with Gasteiger partial charge < -0.3 is 0 Å². The summed E-state index contributed by atoms with van der Waals surface area (Å²) >= 11 is 3.31. The molecule has 0 saturated carbocycles. The van der Waals surface area contributed by atoms with Gasteiger partial charge in [0.1, 0.15) is 16.2 Å². The Morgan fingerprint density at radius 2 is 2.38 bits per heavy atom. The summed E-state index contributed by atoms with van der Waals surface area (Å²) in [7, 11) is 0. The van der Waals surface area contributed by atoms with Gasteiger partial charge in [-0.15, -0.1) is 23.1 Å². The van der Waals surface area contributed by atoms with E-state index in [1.807, 2.05) is 6.92 Å². The van der Waals surface area contributed by atoms with Crippen LogP contribution in [0.3, 0.4) is 0 Å². The molecule has 2 heterocycles. The van der Waals surface area contributed by atoms with E-state index >= 15 is 0 Å². The summed E-state index contributed by atoms with van der Waals surface area (Å²) in [5.41, 5.74) is 0. The number of thioether (sulfide) groups is 1. The molecule has 0 aliphatic heterocycles. The Labute approximate surface area is 103 Å². The molecule has 0 N–H and O–H groups in total. The van der Waals surface area contributed by atoms with Gasteiger partial charge in [-0.1, -0.05) is 0 Å². The first-order chi connectivity index (χ1) is 7.70. The number of fused-ring (bicyclic) bond motifs is 1. The van der Waals surface area contributed by atoms with Gasteiger partial charge in [0, 0.05) is 16.0 Å². The predicted octanol–water partition coefficient (Wildman–Crippen LogP) is 3.25. The highest BCUT2D eigenvalue weighted by Crippen LogP contribution is 2.30. The number of aryl methyl sites for hydroxylation is 1. The molecular weight excluding hydrogens is 238 g/mol. The van der Waals surface area contributed by atoms with Crippen molar-refractivity contribution in [1.82, 2.24) is 9.97 Å². The van der Waals surface area contributed by atoms with E-state index in [0.717, 1.165) is 21.0 Å². The molecule has 1 unspecified atom stereocenters. The molecule has 0 aliphatic rings. The standard InChI is InChI=1S/C11H11N3S2/c1-7(4-12)5-15-10-9-3-8(2)16-11(9)14-6-13-10/h3,6-7H,5H2,1-2H3. The molecule has 16 heavy (non-hydrogen) atoms. The van der Waals surface area contributed by atoms with E-state index in [1.165, 1.54) is 4.88 Å². The minimum atomic E-state index is 0.0507. The lowest BCUT2D eigenvalue weighted by Gasteiger charge is -2.02. The quantitative estimate of drug-likeness (QED) is 0.619. The third-order valence-electron chi connectivity index (χ3n) is 2.11. The van der Waals surface area contributed by atoms with Gasteiger partial charge >= 0.3 is 0 Å². The monoisotopic (exact) mass is 249 g/mol. The first-order valence-corrected chi connectivity index (χ1v) is 6.74. The summed E-state index contributed by atoms with van der Waals surface area (Å²) in [5.74, 6) is 0.826. The van der Waals surface area contributed by atoms with Crippen LogP contribution in [0.2, 0.25) is 0 Å². The smallest absolute Gasteiger partial charge is 0.128 e. The van der Waals surface area contributed by atoms with Gasteiger partial charge in [-0.25, -0.2) is 9.97 Å². The van der Waals surface area contributed by atoms with Gasteiger partial charge in [0.05, 0.1) is 12.0 Å². The van der Waals surface area contributed by atoms with Crippen molar-refractivity contribution in [3.05, 3.63) is 17.3 Å². The van der Waals surface area contributed by atoms with Gasteiger partial charge in [0.2, 0.25) is 0 Å². The molecule has 0 bridgehead atoms. The van der Waals surface area contributed by atoms with Crippen LogP contribution in [0.25, 0.3) is 10.2 Å². The van der Waals surface area contributed by atoms with Crippen LogP contribution in [0, 0.1) is 24.2 Å². The molecule has 0 aliphatic carbocycles. The zero-order chi connectivity index (χ0) is 11.5. The van der Waals surface area contributed by atoms with Crippen LogP contribution in [0.1, 0.15) is 11.8 Å². The van der Waals surface area contributed by atoms with Crippen LogP contribution in [-0.4, -0.2) is 15.7 Å². The summed E-state index contributed by atoms with van der Waals surface area (Å²) < 4.78 is 0. The Balaban J connectivity index is 2.27. The van der Waals surface area contributed by atoms with Gasteiger partial charge in [-0.2, -0.15) is 5.26 Å². The lowest BCUT2D eigenvalue weighted by molar-refractivity contribution is 0.862. The number of aromatic nitrogens is 2. The van der Waals surface area contributed by atoms with Crippen molar-refractivity contribution in [2.24, 2.45) is 5.92 Å². The van der Waals surface area contributed by atoms with Crippen molar-refractivity contribution < 1.29 is 0 Å². The molecule has 82 valence electrons. The van der Waals surface area contributed by atoms with Crippen LogP contribution in [0.15, 0.2) is 17.4 Å². The predicted molar refractivity (Wildman–Crippen MR) is 67.7 cm³/mol. The molecule has 2 rings (SSSR count). The molecule has 0 amide bonds. The molecule has 0 radical (unpaired) electrons. The van der Waals surface area contributed by atoms with Gasteiger partial charge in [0.15, 0.2) is 0 Å². The van der Waals surface area contributed by atoms with Crippen molar-refractivity contribution in [3.63, 3.8) is 0 Å². The number of rotatable bonds is 3. The van der Waals surface area contributed by atoms with Crippen LogP contribution < -0.4 is 0 Å². The Bertz CT molecular complexity index is 542. The highest BCUT2D eigenvalue weighted by atomic mass is 32.2. The van der Waals surface area contributed by atoms with E-state index in [2.05, 4.69) is 29.0 Å². The SMILES string of the molecule is Cc1cc2c(SCC(C)C#N)ncnc2s1. The average Bonchev–Trinajstić information content (AvgIpc) is 2.66. The van der Waals surface area contributed by atoms with Gasteiger partial charge in [-0.3, -0.25) is 0 Å². The maximum absolute atomic E-state index is 8.74. The number of hydrogen-bond acceptors (Lipinski definition) is 5. The zero-order valence-corrected chi connectivity index (χ0v) is 10.7. The summed E-state index contributed by atoms with van der Waals surface area (Å²) in [5, 5.41) is 10.8. The lowest BCUT2D eigenvalue weighted by Crippen LogP contribution is -1.94. The molecule has 1 atom stereocenters. The largest absolute Gasteiger partial charge is 0.229 e. The van der Waals surface area contributed by atoms with E-state index in [1.54, 1.807) is 29.4 Å². The number of nitriles is 1. The Hall–Kier alpha value is -1.12. The fourth-order valence-corrected chi connectivity index (χ4v) is 3.14. The van der Waals surface area contributed by atoms with E-state index in [0.29, 0.717) is 0 Å². The van der Waals surface area contributed by atoms with Crippen molar-refractivity contribution >= 4 is 33.3 Å². The summed E-state index contributed by atoms with van der Waals surface area (Å²) in [4.78, 5) is 10.8. The van der Waals surface area contributed by atoms with Crippen LogP contribution >= 0.6 is 23.1 Å². The highest BCUT2D eigenvalue weighted by molar-refractivity contribution is 7.99. The van der Waals surface area contributed by atoms with Crippen LogP contribution in [-0.2, 0) is 0 Å². The fraction of sp³-hybridized carbons (Fsp3) is 0.364. The molecular formula is C11H11N3S2. The maximum atomic E-state index is 8.74. The molecule has 0 saturated heterocycles. The molecule has 2 aromatic rings. The zero-order valence-electron chi connectivity index (χ0n) is 9.10. The lowest BCUT2D eigenvalue weighted by atomic mass is 10.3. The molecule has 2 aromatic heterocycles. The summed E-state index contributed by atoms with van der Waals surface area (Å²) in [6, 6.07) is 4.34. The second kappa shape index (κ2) is 4.81. The van der Waals surface area contributed by atoms with Crippen LogP contribution in [0.4, 0.5) is 0 Å². The third kappa shape index (κ3) is 2.34. The first kappa shape index (κ1) is 11.4. The van der Waals surface area contributed by atoms with E-state index in [4.69, 9.17) is 5.26 Å². The van der Waals surface area contributed by atoms with Crippen molar-refractivity contribution in [3.8, 4) is 6.07 Å². The maximum Gasteiger partial charge on any atom is 0.128 e. The Kier molecular flexibility index (Phi) is 3.42. The summed E-state index contributed by atoms with van der Waals surface area (Å²) in [6.45, 7) is 3.99. The summed E-state index contributed by atoms with van der Waals surface area (Å²) in [6.07, 6.45) is 1.59. The second-order valence-corrected chi connectivity index (χ2v) is 5.84. The third-order valence-corrected chi connectivity index (χ3v) is 4.33. The number of nitrogens with zero attached hydrogens (tertiary/aromatic N) is 3. The van der Waals surface area contributed by atoms with Gasteiger partial charge in [-0.05, 0) is 19.9 Å². The van der Waals surface area contributed by atoms with Crippen LogP contribution in [0.5, 0.6) is 0 Å². The van der Waals surface area contributed by atoms with Crippen molar-refractivity contribution in [2.75, 3.05) is 5.75 Å². The number of hydrogen-bond donors (Lipinski definition) is 0. The molecule has 0 spiro atoms. The molecule has 3 nitrogen and oxygen atoms in total. The Morgan fingerprint density at radius 1 is 1.56 bits per heavy atom. The normalized spacial score (nSPS) is 12.6. The van der Waals surface area contributed by atoms with Crippen molar-refractivity contribution in [1.29, 1.82) is 5.26 Å². The molecule has 5 heteroatoms. The first-order valence-electron chi connectivity index (χ1n) is 4.94. The second-order valence-electron chi connectivity index (χ2n) is 3.60. The fourth-order valence-electron chi connectivity index (χ4n) is 1.31. The van der Waals surface area contributed by atoms with E-state index < -0.39 is 0 Å². The van der Waals surface area contributed by atoms with Gasteiger partial charge in [0.25, 0.3) is 0 Å². The molecule has 0 fully saturated rings. The van der Waals surface area contributed by atoms with E-state index in [9.17, 15) is 0 Å². The minimum Gasteiger partial charge on any atom is -0.229 e. The highest BCUT2D eigenvalue weighted by Gasteiger charge is 2.09. The molecule has 0 aromatic carbocycles. The average molecular weight is 249 g/mol. The topological polar surface area (TPSA) is 49.6 Å². The Morgan fingerprint density at radius 3 is 3.12 bits per heavy atom. The minimum absolute atomic E-state index is 0.0507. The van der Waals surface area contributed by atoms with Crippen molar-refractivity contribution in [2.45, 2.75) is 18.9 Å².